The summed E-state index contributed by atoms with van der Waals surface area (Å²) in [5.74, 6) is -0.0653. The van der Waals surface area contributed by atoms with E-state index in [9.17, 15) is 4.79 Å². The molecule has 15 heavy (non-hydrogen) atoms. The Labute approximate surface area is 89.7 Å². The zero-order valence-corrected chi connectivity index (χ0v) is 8.54. The van der Waals surface area contributed by atoms with Gasteiger partial charge in [-0.05, 0) is 6.07 Å². The average Bonchev–Trinajstić information content (AvgIpc) is 2.46. The summed E-state index contributed by atoms with van der Waals surface area (Å²) >= 11 is 1.53. The van der Waals surface area contributed by atoms with E-state index in [-0.39, 0.29) is 12.5 Å². The molecule has 1 aliphatic heterocycles. The molecule has 0 aromatic carbocycles. The predicted octanol–water partition coefficient (Wildman–Crippen LogP) is 1.67. The van der Waals surface area contributed by atoms with Gasteiger partial charge in [0, 0.05) is 29.6 Å². The molecule has 0 saturated carbocycles. The van der Waals surface area contributed by atoms with Gasteiger partial charge in [0.1, 0.15) is 11.5 Å². The molecular weight excluding hydrogens is 210 g/mol. The molecule has 0 fully saturated rings. The van der Waals surface area contributed by atoms with Crippen molar-refractivity contribution in [2.24, 2.45) is 4.99 Å². The summed E-state index contributed by atoms with van der Waals surface area (Å²) in [7, 11) is 0. The highest BCUT2D eigenvalue weighted by atomic mass is 32.1. The van der Waals surface area contributed by atoms with Crippen LogP contribution in [0.5, 0.6) is 0 Å². The van der Waals surface area contributed by atoms with Gasteiger partial charge in [0.05, 0.1) is 4.70 Å². The number of nitrogens with zero attached hydrogens (tertiary/aromatic N) is 2. The van der Waals surface area contributed by atoms with E-state index >= 15 is 0 Å². The third-order valence-electron chi connectivity index (χ3n) is 2.24. The lowest BCUT2D eigenvalue weighted by atomic mass is 10.2. The highest BCUT2D eigenvalue weighted by Gasteiger charge is 2.15. The van der Waals surface area contributed by atoms with Crippen LogP contribution in [0, 0.1) is 0 Å². The number of anilines is 1. The molecule has 74 valence electrons. The Balaban J connectivity index is 2.31. The average molecular weight is 217 g/mol. The molecule has 2 aromatic heterocycles. The number of carbonyl (C=O) groups excluding carboxylic acids is 1. The Morgan fingerprint density at radius 3 is 3.33 bits per heavy atom. The molecule has 2 aromatic rings. The molecule has 0 aliphatic carbocycles. The largest absolute Gasteiger partial charge is 0.316 e. The zero-order chi connectivity index (χ0) is 10.3. The molecule has 0 bridgehead atoms. The van der Waals surface area contributed by atoms with Gasteiger partial charge in [0.2, 0.25) is 5.91 Å². The number of nitrogens with one attached hydrogen (secondary N) is 1. The Hall–Kier alpha value is -1.75. The van der Waals surface area contributed by atoms with E-state index in [0.29, 0.717) is 0 Å². The van der Waals surface area contributed by atoms with Crippen molar-refractivity contribution in [3.05, 3.63) is 24.0 Å². The van der Waals surface area contributed by atoms with Crippen LogP contribution in [0.25, 0.3) is 10.1 Å². The number of carbonyl (C=O) groups is 1. The molecule has 4 nitrogen and oxygen atoms in total. The summed E-state index contributed by atoms with van der Waals surface area (Å²) in [5, 5.41) is 4.80. The van der Waals surface area contributed by atoms with E-state index in [1.165, 1.54) is 11.3 Å². The molecule has 0 unspecified atom stereocenters. The van der Waals surface area contributed by atoms with Gasteiger partial charge in [-0.3, -0.25) is 14.8 Å². The molecule has 0 atom stereocenters. The monoisotopic (exact) mass is 217 g/mol. The van der Waals surface area contributed by atoms with Crippen LogP contribution >= 0.6 is 11.3 Å². The second-order valence-electron chi connectivity index (χ2n) is 3.23. The minimum absolute atomic E-state index is 0.0653. The fourth-order valence-corrected chi connectivity index (χ4v) is 2.64. The molecular formula is C10H7N3OS. The van der Waals surface area contributed by atoms with Crippen LogP contribution in [0.4, 0.5) is 5.00 Å². The molecule has 0 saturated heterocycles. The molecule has 5 heteroatoms. The van der Waals surface area contributed by atoms with Crippen molar-refractivity contribution in [2.75, 3.05) is 11.9 Å². The van der Waals surface area contributed by atoms with Crippen molar-refractivity contribution in [1.82, 2.24) is 4.98 Å². The Bertz CT molecular complexity index is 573. The third kappa shape index (κ3) is 1.32. The van der Waals surface area contributed by atoms with Crippen LogP contribution in [0.2, 0.25) is 0 Å². The summed E-state index contributed by atoms with van der Waals surface area (Å²) in [6.07, 6.45) is 5.30. The van der Waals surface area contributed by atoms with Crippen molar-refractivity contribution in [1.29, 1.82) is 0 Å². The Morgan fingerprint density at radius 1 is 1.47 bits per heavy atom. The standard InChI is InChI=1S/C10H7N3OS/c14-9-5-12-3-7-6-1-2-11-4-8(6)15-10(7)13-9/h1-4H,5H2,(H,13,14). The van der Waals surface area contributed by atoms with Crippen molar-refractivity contribution >= 4 is 38.5 Å². The number of aromatic nitrogens is 1. The van der Waals surface area contributed by atoms with Crippen molar-refractivity contribution in [3.63, 3.8) is 0 Å². The summed E-state index contributed by atoms with van der Waals surface area (Å²) in [5.41, 5.74) is 0.989. The first kappa shape index (κ1) is 8.55. The van der Waals surface area contributed by atoms with Gasteiger partial charge < -0.3 is 5.32 Å². The van der Waals surface area contributed by atoms with E-state index in [2.05, 4.69) is 15.3 Å². The molecule has 3 heterocycles. The van der Waals surface area contributed by atoms with Crippen LogP contribution in [-0.2, 0) is 4.79 Å². The lowest BCUT2D eigenvalue weighted by Gasteiger charge is -1.96. The molecule has 1 aliphatic rings. The quantitative estimate of drug-likeness (QED) is 0.729. The first-order valence-electron chi connectivity index (χ1n) is 4.51. The second-order valence-corrected chi connectivity index (χ2v) is 4.29. The summed E-state index contributed by atoms with van der Waals surface area (Å²) in [6.45, 7) is 0.202. The number of hydrogen-bond donors (Lipinski definition) is 1. The number of amides is 1. The van der Waals surface area contributed by atoms with E-state index in [1.54, 1.807) is 18.6 Å². The molecule has 0 spiro atoms. The summed E-state index contributed by atoms with van der Waals surface area (Å²) in [6, 6.07) is 1.94. The molecule has 0 radical (unpaired) electrons. The van der Waals surface area contributed by atoms with Crippen molar-refractivity contribution in [3.8, 4) is 0 Å². The summed E-state index contributed by atoms with van der Waals surface area (Å²) < 4.78 is 1.07. The van der Waals surface area contributed by atoms with Gasteiger partial charge in [0.15, 0.2) is 0 Å². The number of hydrogen-bond acceptors (Lipinski definition) is 4. The van der Waals surface area contributed by atoms with Crippen molar-refractivity contribution in [2.45, 2.75) is 0 Å². The zero-order valence-electron chi connectivity index (χ0n) is 7.73. The maximum absolute atomic E-state index is 11.3. The van der Waals surface area contributed by atoms with Crippen LogP contribution in [0.15, 0.2) is 23.5 Å². The Kier molecular flexibility index (Phi) is 1.78. The first-order valence-corrected chi connectivity index (χ1v) is 5.32. The molecule has 1 N–H and O–H groups in total. The Morgan fingerprint density at radius 2 is 2.40 bits per heavy atom. The fraction of sp³-hybridized carbons (Fsp3) is 0.100. The maximum Gasteiger partial charge on any atom is 0.246 e. The number of fused-ring (bicyclic) bond motifs is 3. The summed E-state index contributed by atoms with van der Waals surface area (Å²) in [4.78, 5) is 19.4. The lowest BCUT2D eigenvalue weighted by Crippen LogP contribution is -2.12. The minimum atomic E-state index is -0.0653. The van der Waals surface area contributed by atoms with Gasteiger partial charge in [-0.1, -0.05) is 0 Å². The SMILES string of the molecule is O=C1CN=Cc2c(sc3cnccc23)N1. The van der Waals surface area contributed by atoms with Crippen LogP contribution < -0.4 is 5.32 Å². The number of aliphatic imine (C=N–C) groups is 1. The number of thiophene rings is 1. The van der Waals surface area contributed by atoms with Gasteiger partial charge in [-0.25, -0.2) is 0 Å². The first-order chi connectivity index (χ1) is 7.34. The normalized spacial score (nSPS) is 14.8. The second kappa shape index (κ2) is 3.13. The van der Waals surface area contributed by atoms with Gasteiger partial charge >= 0.3 is 0 Å². The van der Waals surface area contributed by atoms with Gasteiger partial charge in [-0.2, -0.15) is 0 Å². The van der Waals surface area contributed by atoms with Crippen LogP contribution in [-0.4, -0.2) is 23.7 Å². The maximum atomic E-state index is 11.3. The molecule has 1 amide bonds. The predicted molar refractivity (Wildman–Crippen MR) is 60.7 cm³/mol. The number of pyridine rings is 1. The topological polar surface area (TPSA) is 54.4 Å². The van der Waals surface area contributed by atoms with E-state index in [4.69, 9.17) is 0 Å². The smallest absolute Gasteiger partial charge is 0.246 e. The minimum Gasteiger partial charge on any atom is -0.316 e. The van der Waals surface area contributed by atoms with E-state index < -0.39 is 0 Å². The lowest BCUT2D eigenvalue weighted by molar-refractivity contribution is -0.114. The number of rotatable bonds is 0. The third-order valence-corrected chi connectivity index (χ3v) is 3.31. The van der Waals surface area contributed by atoms with Gasteiger partial charge in [0.25, 0.3) is 0 Å². The van der Waals surface area contributed by atoms with Gasteiger partial charge in [-0.15, -0.1) is 11.3 Å². The fourth-order valence-electron chi connectivity index (χ4n) is 1.58. The highest BCUT2D eigenvalue weighted by Crippen LogP contribution is 2.34. The molecule has 3 rings (SSSR count). The van der Waals surface area contributed by atoms with Crippen molar-refractivity contribution < 1.29 is 4.79 Å². The van der Waals surface area contributed by atoms with Crippen LogP contribution in [0.3, 0.4) is 0 Å². The highest BCUT2D eigenvalue weighted by molar-refractivity contribution is 7.23. The van der Waals surface area contributed by atoms with Crippen LogP contribution in [0.1, 0.15) is 5.56 Å². The van der Waals surface area contributed by atoms with E-state index in [0.717, 1.165) is 20.7 Å². The van der Waals surface area contributed by atoms with E-state index in [1.807, 2.05) is 6.07 Å².